The molecule has 2 saturated carbocycles. The molecule has 2 aliphatic carbocycles. The summed E-state index contributed by atoms with van der Waals surface area (Å²) in [5.74, 6) is 0.725. The van der Waals surface area contributed by atoms with Gasteiger partial charge in [0.1, 0.15) is 11.5 Å². The Labute approximate surface area is 263 Å². The molecule has 0 aromatic heterocycles. The van der Waals surface area contributed by atoms with Crippen molar-refractivity contribution in [3.8, 4) is 11.5 Å². The van der Waals surface area contributed by atoms with Crippen molar-refractivity contribution in [1.29, 1.82) is 0 Å². The molecule has 2 atom stereocenters. The summed E-state index contributed by atoms with van der Waals surface area (Å²) in [4.78, 5) is 3.38. The number of likely N-dealkylation sites (N-methyl/N-ethyl adjacent to an activating group) is 2. The lowest BCUT2D eigenvalue weighted by Gasteiger charge is -2.40. The first kappa shape index (κ1) is 26.8. The normalized spacial score (nSPS) is 22.1. The molecule has 0 bridgehead atoms. The smallest absolute Gasteiger partial charge is 0.118 e. The second kappa shape index (κ2) is 16.7. The lowest BCUT2D eigenvalue weighted by molar-refractivity contribution is -0.860. The maximum atomic E-state index is 11.2. The van der Waals surface area contributed by atoms with Crippen LogP contribution in [-0.2, 0) is 0 Å². The Balaban J connectivity index is 0.000000320. The van der Waals surface area contributed by atoms with Gasteiger partial charge in [-0.15, -0.1) is 12.4 Å². The van der Waals surface area contributed by atoms with Gasteiger partial charge in [-0.2, -0.15) is 0 Å². The predicted octanol–water partition coefficient (Wildman–Crippen LogP) is 5.08. The van der Waals surface area contributed by atoms with E-state index in [1.54, 1.807) is 24.3 Å². The topological polar surface area (TPSA) is 66.6 Å². The SMILES string of the molecule is Cl.[2H]C([2H])([2H])Oc1ccc(C(CN(C)C)C2(O)CCCCC2)cc1.[2H]C([2H])([2H])Oc1ccc([C@@H](C[NH+](C)C)C2(O)CCCCC2)cc1. The van der Waals surface area contributed by atoms with Gasteiger partial charge in [0.05, 0.1) is 60.1 Å². The van der Waals surface area contributed by atoms with Crippen molar-refractivity contribution in [2.24, 2.45) is 0 Å². The highest BCUT2D eigenvalue weighted by Gasteiger charge is 2.40. The molecule has 2 fully saturated rings. The minimum atomic E-state index is -2.44. The number of quaternary nitrogens is 1. The van der Waals surface area contributed by atoms with Crippen molar-refractivity contribution in [3.63, 3.8) is 0 Å². The quantitative estimate of drug-likeness (QED) is 0.357. The average molecular weight is 598 g/mol. The lowest BCUT2D eigenvalue weighted by atomic mass is 9.72. The zero-order valence-corrected chi connectivity index (χ0v) is 26.1. The van der Waals surface area contributed by atoms with Gasteiger partial charge in [-0.25, -0.2) is 0 Å². The molecule has 232 valence electrons. The van der Waals surface area contributed by atoms with Gasteiger partial charge in [0, 0.05) is 12.5 Å². The van der Waals surface area contributed by atoms with Crippen LogP contribution in [0.5, 0.6) is 11.5 Å². The number of nitrogens with one attached hydrogen (secondary N) is 1. The van der Waals surface area contributed by atoms with Gasteiger partial charge in [0.15, 0.2) is 0 Å². The van der Waals surface area contributed by atoms with Crippen LogP contribution >= 0.6 is 12.4 Å². The van der Waals surface area contributed by atoms with Crippen LogP contribution in [-0.4, -0.2) is 81.7 Å². The number of methoxy groups -OCH3 is 2. The van der Waals surface area contributed by atoms with E-state index in [1.165, 1.54) is 17.7 Å². The van der Waals surface area contributed by atoms with Crippen LogP contribution in [0.3, 0.4) is 0 Å². The van der Waals surface area contributed by atoms with Crippen molar-refractivity contribution in [2.75, 3.05) is 55.4 Å². The van der Waals surface area contributed by atoms with Crippen LogP contribution in [0, 0.1) is 0 Å². The van der Waals surface area contributed by atoms with Crippen molar-refractivity contribution in [3.05, 3.63) is 59.7 Å². The Morgan fingerprint density at radius 2 is 1.12 bits per heavy atom. The van der Waals surface area contributed by atoms with E-state index >= 15 is 0 Å². The molecule has 0 spiro atoms. The van der Waals surface area contributed by atoms with Crippen molar-refractivity contribution in [2.45, 2.75) is 87.2 Å². The second-order valence-corrected chi connectivity index (χ2v) is 12.4. The van der Waals surface area contributed by atoms with Crippen molar-refractivity contribution >= 4 is 12.4 Å². The Kier molecular flexibility index (Phi) is 10.9. The van der Waals surface area contributed by atoms with Crippen LogP contribution < -0.4 is 14.4 Å². The summed E-state index contributed by atoms with van der Waals surface area (Å²) in [5.41, 5.74) is 0.728. The number of hydrogen-bond acceptors (Lipinski definition) is 5. The zero-order valence-electron chi connectivity index (χ0n) is 31.3. The summed E-state index contributed by atoms with van der Waals surface area (Å²) >= 11 is 0. The monoisotopic (exact) mass is 597 g/mol. The van der Waals surface area contributed by atoms with Gasteiger partial charge in [-0.3, -0.25) is 0 Å². The van der Waals surface area contributed by atoms with E-state index in [9.17, 15) is 10.2 Å². The fraction of sp³-hybridized carbons (Fsp3) is 0.647. The van der Waals surface area contributed by atoms with Crippen LogP contribution in [0.1, 0.15) is 95.4 Å². The molecule has 1 unspecified atom stereocenters. The number of benzene rings is 2. The first-order chi connectivity index (χ1) is 21.4. The van der Waals surface area contributed by atoms with Gasteiger partial charge in [-0.05, 0) is 75.2 Å². The number of rotatable bonds is 10. The van der Waals surface area contributed by atoms with Gasteiger partial charge in [0.25, 0.3) is 0 Å². The summed E-state index contributed by atoms with van der Waals surface area (Å²) in [6.45, 7) is 1.60. The fourth-order valence-electron chi connectivity index (χ4n) is 6.54. The highest BCUT2D eigenvalue weighted by atomic mass is 35.5. The molecule has 0 radical (unpaired) electrons. The summed E-state index contributed by atoms with van der Waals surface area (Å²) in [5, 5.41) is 22.3. The minimum Gasteiger partial charge on any atom is -0.497 e. The molecule has 0 saturated heterocycles. The third-order valence-electron chi connectivity index (χ3n) is 8.70. The third kappa shape index (κ3) is 10.1. The number of hydrogen-bond donors (Lipinski definition) is 3. The molecule has 41 heavy (non-hydrogen) atoms. The summed E-state index contributed by atoms with van der Waals surface area (Å²) in [6.07, 6.45) is 9.92. The van der Waals surface area contributed by atoms with Crippen LogP contribution in [0.15, 0.2) is 48.5 Å². The Morgan fingerprint density at radius 1 is 0.732 bits per heavy atom. The van der Waals surface area contributed by atoms with E-state index in [1.807, 2.05) is 38.4 Å². The first-order valence-electron chi connectivity index (χ1n) is 17.9. The van der Waals surface area contributed by atoms with E-state index in [4.69, 9.17) is 17.7 Å². The number of aliphatic hydroxyl groups is 2. The lowest BCUT2D eigenvalue weighted by Crippen LogP contribution is -3.06. The van der Waals surface area contributed by atoms with Crippen molar-refractivity contribution < 1.29 is 32.8 Å². The number of ether oxygens (including phenoxy) is 2. The Bertz CT molecular complexity index is 1090. The zero-order chi connectivity index (χ0) is 34.2. The number of halogens is 1. The first-order valence-corrected chi connectivity index (χ1v) is 14.9. The van der Waals surface area contributed by atoms with E-state index in [-0.39, 0.29) is 24.2 Å². The molecule has 2 aromatic rings. The molecule has 3 N–H and O–H groups in total. The Hall–Kier alpha value is -1.83. The molecule has 7 heteroatoms. The van der Waals surface area contributed by atoms with Crippen LogP contribution in [0.2, 0.25) is 0 Å². The van der Waals surface area contributed by atoms with Gasteiger partial charge in [0.2, 0.25) is 0 Å². The Morgan fingerprint density at radius 3 is 1.49 bits per heavy atom. The maximum absolute atomic E-state index is 11.2. The molecule has 0 aliphatic heterocycles. The van der Waals surface area contributed by atoms with Gasteiger partial charge >= 0.3 is 0 Å². The van der Waals surface area contributed by atoms with Gasteiger partial charge in [-0.1, -0.05) is 62.8 Å². The van der Waals surface area contributed by atoms with Crippen molar-refractivity contribution in [1.82, 2.24) is 4.90 Å². The highest BCUT2D eigenvalue weighted by molar-refractivity contribution is 5.85. The maximum Gasteiger partial charge on any atom is 0.118 e. The summed E-state index contributed by atoms with van der Waals surface area (Å²) in [6, 6.07) is 14.3. The molecule has 4 rings (SSSR count). The highest BCUT2D eigenvalue weighted by Crippen LogP contribution is 2.41. The summed E-state index contributed by atoms with van der Waals surface area (Å²) < 4.78 is 52.8. The van der Waals surface area contributed by atoms with Crippen LogP contribution in [0.25, 0.3) is 0 Å². The van der Waals surface area contributed by atoms with Crippen LogP contribution in [0.4, 0.5) is 0 Å². The third-order valence-corrected chi connectivity index (χ3v) is 8.70. The molecule has 0 heterocycles. The molecule has 0 amide bonds. The fourth-order valence-corrected chi connectivity index (χ4v) is 6.54. The summed E-state index contributed by atoms with van der Waals surface area (Å²) in [7, 11) is 3.32. The van der Waals surface area contributed by atoms with E-state index in [0.717, 1.165) is 75.6 Å². The second-order valence-electron chi connectivity index (χ2n) is 12.4. The molecular weight excluding hydrogens is 536 g/mol. The molecule has 2 aromatic carbocycles. The number of nitrogens with zero attached hydrogens (tertiary/aromatic N) is 1. The molecule has 6 nitrogen and oxygen atoms in total. The van der Waals surface area contributed by atoms with E-state index in [0.29, 0.717) is 11.5 Å². The minimum absolute atomic E-state index is 0. The van der Waals surface area contributed by atoms with Gasteiger partial charge < -0.3 is 29.5 Å². The standard InChI is InChI=1S/2C17H27NO2.ClH/c2*1-18(2)13-16(17(19)11-5-4-6-12-17)14-7-9-15(20-3)10-8-14;/h2*7-10,16,19H,4-6,11-13H2,1-3H3;1H/p+1/t16-;;/m1../s1/i2*3D3;. The van der Waals surface area contributed by atoms with E-state index in [2.05, 4.69) is 19.0 Å². The predicted molar refractivity (Wildman–Crippen MR) is 171 cm³/mol. The molecule has 2 aliphatic rings. The average Bonchev–Trinajstić information content (AvgIpc) is 2.95. The van der Waals surface area contributed by atoms with E-state index < -0.39 is 25.3 Å². The molecular formula is C34H56ClN2O4+. The largest absolute Gasteiger partial charge is 0.497 e.